The first-order chi connectivity index (χ1) is 6.83. The number of pyridine rings is 1. The summed E-state index contributed by atoms with van der Waals surface area (Å²) >= 11 is 0. The van der Waals surface area contributed by atoms with Crippen molar-refractivity contribution in [3.8, 4) is 0 Å². The van der Waals surface area contributed by atoms with Gasteiger partial charge in [-0.15, -0.1) is 0 Å². The summed E-state index contributed by atoms with van der Waals surface area (Å²) in [6, 6.07) is 3.69. The first-order valence-electron chi connectivity index (χ1n) is 4.48. The van der Waals surface area contributed by atoms with E-state index in [1.165, 1.54) is 0 Å². The number of nitrogens with two attached hydrogens (primary N) is 1. The second kappa shape index (κ2) is 3.59. The van der Waals surface area contributed by atoms with Crippen molar-refractivity contribution in [2.45, 2.75) is 6.42 Å². The fraction of sp³-hybridized carbons (Fsp3) is 0.200. The van der Waals surface area contributed by atoms with Crippen molar-refractivity contribution in [1.82, 2.24) is 9.97 Å². The van der Waals surface area contributed by atoms with E-state index in [2.05, 4.69) is 9.97 Å². The van der Waals surface area contributed by atoms with E-state index in [9.17, 15) is 4.79 Å². The molecule has 14 heavy (non-hydrogen) atoms. The van der Waals surface area contributed by atoms with E-state index in [0.29, 0.717) is 18.5 Å². The Balaban J connectivity index is 2.47. The molecule has 0 aromatic carbocycles. The summed E-state index contributed by atoms with van der Waals surface area (Å²) in [5, 5.41) is 0.867. The zero-order chi connectivity index (χ0) is 9.97. The highest BCUT2D eigenvalue weighted by atomic mass is 16.1. The maximum Gasteiger partial charge on any atom is 0.166 e. The van der Waals surface area contributed by atoms with Gasteiger partial charge in [-0.2, -0.15) is 0 Å². The second-order valence-corrected chi connectivity index (χ2v) is 3.06. The normalized spacial score (nSPS) is 10.6. The van der Waals surface area contributed by atoms with Gasteiger partial charge >= 0.3 is 0 Å². The van der Waals surface area contributed by atoms with Crippen LogP contribution in [0.1, 0.15) is 16.8 Å². The highest BCUT2D eigenvalue weighted by Gasteiger charge is 2.10. The molecule has 3 N–H and O–H groups in total. The van der Waals surface area contributed by atoms with Gasteiger partial charge in [0.05, 0.1) is 0 Å². The van der Waals surface area contributed by atoms with Crippen LogP contribution >= 0.6 is 0 Å². The molecular formula is C10H11N3O. The molecule has 0 saturated carbocycles. The fourth-order valence-electron chi connectivity index (χ4n) is 1.45. The predicted molar refractivity (Wildman–Crippen MR) is 54.1 cm³/mol. The lowest BCUT2D eigenvalue weighted by Crippen LogP contribution is -2.07. The Morgan fingerprint density at radius 3 is 3.21 bits per heavy atom. The van der Waals surface area contributed by atoms with Crippen molar-refractivity contribution >= 4 is 16.8 Å². The van der Waals surface area contributed by atoms with Crippen molar-refractivity contribution in [3.63, 3.8) is 0 Å². The van der Waals surface area contributed by atoms with Crippen molar-refractivity contribution in [1.29, 1.82) is 0 Å². The Kier molecular flexibility index (Phi) is 2.28. The number of nitrogens with one attached hydrogen (secondary N) is 1. The standard InChI is InChI=1S/C10H11N3O/c11-4-3-9(14)8-6-13-10-7(8)2-1-5-12-10/h1-2,5-6H,3-4,11H2,(H,12,13). The van der Waals surface area contributed by atoms with Crippen LogP contribution in [0.3, 0.4) is 0 Å². The molecule has 4 nitrogen and oxygen atoms in total. The molecule has 2 aromatic rings. The number of H-pyrrole nitrogens is 1. The number of Topliss-reactive ketones (excluding diaryl/α,β-unsaturated/α-hetero) is 1. The Morgan fingerprint density at radius 2 is 2.43 bits per heavy atom. The maximum atomic E-state index is 11.6. The molecule has 0 aliphatic carbocycles. The lowest BCUT2D eigenvalue weighted by Gasteiger charge is -1.95. The number of aromatic amines is 1. The van der Waals surface area contributed by atoms with Crippen LogP contribution in [0.2, 0.25) is 0 Å². The third kappa shape index (κ3) is 1.40. The van der Waals surface area contributed by atoms with E-state index in [1.54, 1.807) is 12.4 Å². The zero-order valence-electron chi connectivity index (χ0n) is 7.66. The van der Waals surface area contributed by atoms with Gasteiger partial charge in [-0.05, 0) is 18.7 Å². The minimum Gasteiger partial charge on any atom is -0.345 e. The molecule has 0 radical (unpaired) electrons. The van der Waals surface area contributed by atoms with Gasteiger partial charge in [0, 0.05) is 29.8 Å². The predicted octanol–water partition coefficient (Wildman–Crippen LogP) is 1.09. The van der Waals surface area contributed by atoms with Crippen LogP contribution in [0.5, 0.6) is 0 Å². The SMILES string of the molecule is NCCC(=O)c1c[nH]c2ncccc12. The number of carbonyl (C=O) groups is 1. The smallest absolute Gasteiger partial charge is 0.166 e. The number of carbonyl (C=O) groups excluding carboxylic acids is 1. The largest absolute Gasteiger partial charge is 0.345 e. The summed E-state index contributed by atoms with van der Waals surface area (Å²) in [6.45, 7) is 0.381. The molecule has 2 heterocycles. The average molecular weight is 189 g/mol. The van der Waals surface area contributed by atoms with Gasteiger partial charge in [0.2, 0.25) is 0 Å². The van der Waals surface area contributed by atoms with Crippen molar-refractivity contribution in [2.24, 2.45) is 5.73 Å². The molecule has 0 atom stereocenters. The summed E-state index contributed by atoms with van der Waals surface area (Å²) in [4.78, 5) is 18.7. The van der Waals surface area contributed by atoms with Crippen molar-refractivity contribution < 1.29 is 4.79 Å². The number of rotatable bonds is 3. The van der Waals surface area contributed by atoms with Crippen LogP contribution < -0.4 is 5.73 Å². The first-order valence-corrected chi connectivity index (χ1v) is 4.48. The second-order valence-electron chi connectivity index (χ2n) is 3.06. The van der Waals surface area contributed by atoms with Gasteiger partial charge in [-0.1, -0.05) is 0 Å². The van der Waals surface area contributed by atoms with Crippen molar-refractivity contribution in [2.75, 3.05) is 6.54 Å². The number of fused-ring (bicyclic) bond motifs is 1. The number of aromatic nitrogens is 2. The van der Waals surface area contributed by atoms with E-state index in [1.807, 2.05) is 12.1 Å². The van der Waals surface area contributed by atoms with Gasteiger partial charge in [-0.25, -0.2) is 4.98 Å². The van der Waals surface area contributed by atoms with E-state index < -0.39 is 0 Å². The molecular weight excluding hydrogens is 178 g/mol. The summed E-state index contributed by atoms with van der Waals surface area (Å²) in [5.74, 6) is 0.0618. The van der Waals surface area contributed by atoms with E-state index in [0.717, 1.165) is 11.0 Å². The highest BCUT2D eigenvalue weighted by Crippen LogP contribution is 2.16. The fourth-order valence-corrected chi connectivity index (χ4v) is 1.45. The summed E-state index contributed by atoms with van der Waals surface area (Å²) < 4.78 is 0. The Morgan fingerprint density at radius 1 is 1.57 bits per heavy atom. The minimum absolute atomic E-state index is 0.0618. The molecule has 2 rings (SSSR count). The quantitative estimate of drug-likeness (QED) is 0.710. The lowest BCUT2D eigenvalue weighted by atomic mass is 10.1. The Bertz CT molecular complexity index is 461. The molecule has 0 aliphatic rings. The van der Waals surface area contributed by atoms with E-state index in [4.69, 9.17) is 5.73 Å². The molecule has 0 aliphatic heterocycles. The zero-order valence-corrected chi connectivity index (χ0v) is 7.66. The van der Waals surface area contributed by atoms with Gasteiger partial charge in [-0.3, -0.25) is 4.79 Å². The molecule has 0 unspecified atom stereocenters. The molecule has 0 spiro atoms. The third-order valence-electron chi connectivity index (χ3n) is 2.12. The third-order valence-corrected chi connectivity index (χ3v) is 2.12. The Hall–Kier alpha value is -1.68. The number of hydrogen-bond acceptors (Lipinski definition) is 3. The molecule has 72 valence electrons. The van der Waals surface area contributed by atoms with Gasteiger partial charge in [0.15, 0.2) is 5.78 Å². The van der Waals surface area contributed by atoms with Crippen LogP contribution in [0.15, 0.2) is 24.5 Å². The molecule has 0 amide bonds. The van der Waals surface area contributed by atoms with E-state index in [-0.39, 0.29) is 5.78 Å². The van der Waals surface area contributed by atoms with Crippen LogP contribution in [-0.2, 0) is 0 Å². The summed E-state index contributed by atoms with van der Waals surface area (Å²) in [5.41, 5.74) is 6.76. The number of nitrogens with zero attached hydrogens (tertiary/aromatic N) is 1. The number of hydrogen-bond donors (Lipinski definition) is 2. The summed E-state index contributed by atoms with van der Waals surface area (Å²) in [6.07, 6.45) is 3.76. The molecule has 2 aromatic heterocycles. The van der Waals surface area contributed by atoms with Crippen molar-refractivity contribution in [3.05, 3.63) is 30.1 Å². The van der Waals surface area contributed by atoms with Crippen LogP contribution in [-0.4, -0.2) is 22.3 Å². The molecule has 4 heteroatoms. The average Bonchev–Trinajstić information content (AvgIpc) is 2.61. The first kappa shape index (κ1) is 8.90. The Labute approximate surface area is 81.1 Å². The summed E-state index contributed by atoms with van der Waals surface area (Å²) in [7, 11) is 0. The topological polar surface area (TPSA) is 71.8 Å². The monoisotopic (exact) mass is 189 g/mol. The molecule has 0 saturated heterocycles. The molecule has 0 bridgehead atoms. The van der Waals surface area contributed by atoms with Gasteiger partial charge < -0.3 is 10.7 Å². The maximum absolute atomic E-state index is 11.6. The number of ketones is 1. The minimum atomic E-state index is 0.0618. The van der Waals surface area contributed by atoms with E-state index >= 15 is 0 Å². The van der Waals surface area contributed by atoms with Crippen LogP contribution in [0, 0.1) is 0 Å². The van der Waals surface area contributed by atoms with Gasteiger partial charge in [0.25, 0.3) is 0 Å². The molecule has 0 fully saturated rings. The lowest BCUT2D eigenvalue weighted by molar-refractivity contribution is 0.0987. The van der Waals surface area contributed by atoms with Crippen LogP contribution in [0.25, 0.3) is 11.0 Å². The highest BCUT2D eigenvalue weighted by molar-refractivity contribution is 6.07. The van der Waals surface area contributed by atoms with Crippen LogP contribution in [0.4, 0.5) is 0 Å². The van der Waals surface area contributed by atoms with Gasteiger partial charge in [0.1, 0.15) is 5.65 Å².